The predicted molar refractivity (Wildman–Crippen MR) is 102 cm³/mol. The smallest absolute Gasteiger partial charge is 0.247 e. The molecule has 0 saturated heterocycles. The van der Waals surface area contributed by atoms with Gasteiger partial charge < -0.3 is 13.7 Å². The number of benzene rings is 1. The maximum Gasteiger partial charge on any atom is 0.247 e. The van der Waals surface area contributed by atoms with Crippen LogP contribution in [0.4, 0.5) is 0 Å². The van der Waals surface area contributed by atoms with Crippen LogP contribution in [0.25, 0.3) is 11.5 Å². The highest BCUT2D eigenvalue weighted by Gasteiger charge is 2.20. The number of thioether (sulfide) groups is 1. The van der Waals surface area contributed by atoms with Crippen molar-refractivity contribution in [3.05, 3.63) is 47.1 Å². The van der Waals surface area contributed by atoms with E-state index in [1.165, 1.54) is 5.56 Å². The molecule has 0 saturated carbocycles. The zero-order chi connectivity index (χ0) is 18.7. The summed E-state index contributed by atoms with van der Waals surface area (Å²) in [5, 5.41) is 9.38. The molecule has 6 nitrogen and oxygen atoms in total. The summed E-state index contributed by atoms with van der Waals surface area (Å²) in [6.07, 6.45) is 0. The van der Waals surface area contributed by atoms with Crippen LogP contribution >= 0.6 is 11.8 Å². The van der Waals surface area contributed by atoms with Gasteiger partial charge in [0.25, 0.3) is 0 Å². The quantitative estimate of drug-likeness (QED) is 0.574. The number of rotatable bonds is 7. The van der Waals surface area contributed by atoms with Gasteiger partial charge in [-0.25, -0.2) is 4.98 Å². The Bertz CT molecular complexity index is 870. The van der Waals surface area contributed by atoms with Crippen LogP contribution < -0.4 is 0 Å². The average Bonchev–Trinajstić information content (AvgIpc) is 3.21. The molecule has 3 aromatic rings. The van der Waals surface area contributed by atoms with Crippen LogP contribution in [0.3, 0.4) is 0 Å². The minimum atomic E-state index is 0.00388. The summed E-state index contributed by atoms with van der Waals surface area (Å²) in [5.74, 6) is 1.14. The fourth-order valence-corrected chi connectivity index (χ4v) is 3.64. The van der Waals surface area contributed by atoms with Crippen LogP contribution in [-0.2, 0) is 11.3 Å². The van der Waals surface area contributed by atoms with Crippen LogP contribution in [0.1, 0.15) is 35.0 Å². The molecule has 3 rings (SSSR count). The summed E-state index contributed by atoms with van der Waals surface area (Å²) in [7, 11) is 1.71. The third kappa shape index (κ3) is 3.99. The lowest BCUT2D eigenvalue weighted by Crippen LogP contribution is -2.08. The van der Waals surface area contributed by atoms with E-state index < -0.39 is 0 Å². The second-order valence-corrected chi connectivity index (χ2v) is 7.59. The lowest BCUT2D eigenvalue weighted by molar-refractivity contribution is 0.184. The van der Waals surface area contributed by atoms with Gasteiger partial charge in [0.05, 0.1) is 17.6 Å². The lowest BCUT2D eigenvalue weighted by Gasteiger charge is -2.11. The highest BCUT2D eigenvalue weighted by Crippen LogP contribution is 2.35. The van der Waals surface area contributed by atoms with Crippen molar-refractivity contribution >= 4 is 11.8 Å². The number of ether oxygens (including phenoxy) is 1. The van der Waals surface area contributed by atoms with Crippen molar-refractivity contribution in [3.8, 4) is 11.5 Å². The van der Waals surface area contributed by atoms with Gasteiger partial charge in [-0.3, -0.25) is 0 Å². The second-order valence-electron chi connectivity index (χ2n) is 6.28. The molecule has 0 N–H and O–H groups in total. The number of aryl methyl sites for hydroxylation is 2. The fraction of sp³-hybridized carbons (Fsp3) is 0.421. The van der Waals surface area contributed by atoms with Gasteiger partial charge in [0.1, 0.15) is 0 Å². The van der Waals surface area contributed by atoms with Gasteiger partial charge in [-0.1, -0.05) is 29.5 Å². The first kappa shape index (κ1) is 18.7. The Kier molecular flexibility index (Phi) is 5.78. The second kappa shape index (κ2) is 8.05. The Hall–Kier alpha value is -2.12. The molecule has 0 spiro atoms. The maximum absolute atomic E-state index is 5.90. The minimum absolute atomic E-state index is 0.00388. The van der Waals surface area contributed by atoms with E-state index >= 15 is 0 Å². The van der Waals surface area contributed by atoms with Gasteiger partial charge in [-0.15, -0.1) is 10.2 Å². The lowest BCUT2D eigenvalue weighted by atomic mass is 10.1. The molecule has 1 atom stereocenters. The zero-order valence-corrected chi connectivity index (χ0v) is 16.6. The van der Waals surface area contributed by atoms with Crippen LogP contribution in [0.15, 0.2) is 33.8 Å². The number of hydrogen-bond acceptors (Lipinski definition) is 6. The van der Waals surface area contributed by atoms with E-state index in [1.807, 2.05) is 31.2 Å². The molecule has 0 bridgehead atoms. The van der Waals surface area contributed by atoms with Crippen LogP contribution in [0, 0.1) is 20.8 Å². The van der Waals surface area contributed by atoms with Gasteiger partial charge >= 0.3 is 0 Å². The Morgan fingerprint density at radius 1 is 1.15 bits per heavy atom. The Morgan fingerprint density at radius 2 is 1.88 bits per heavy atom. The van der Waals surface area contributed by atoms with Crippen molar-refractivity contribution < 1.29 is 9.15 Å². The first-order valence-electron chi connectivity index (χ1n) is 8.59. The van der Waals surface area contributed by atoms with E-state index in [0.717, 1.165) is 28.7 Å². The standard InChI is InChI=1S/C19H24N4O2S/c1-12-6-8-16(9-7-12)18-22-21-17(25-18)15(4)26-19-20-13(2)14(3)23(19)10-11-24-5/h6-9,15H,10-11H2,1-5H3. The van der Waals surface area contributed by atoms with Crippen LogP contribution in [-0.4, -0.2) is 33.5 Å². The summed E-state index contributed by atoms with van der Waals surface area (Å²) in [6.45, 7) is 9.63. The van der Waals surface area contributed by atoms with Crippen molar-refractivity contribution in [2.45, 2.75) is 44.6 Å². The molecule has 2 heterocycles. The molecule has 0 aliphatic rings. The topological polar surface area (TPSA) is 66.0 Å². The largest absolute Gasteiger partial charge is 0.419 e. The number of methoxy groups -OCH3 is 1. The van der Waals surface area contributed by atoms with Crippen molar-refractivity contribution in [3.63, 3.8) is 0 Å². The molecule has 1 unspecified atom stereocenters. The molecule has 0 aliphatic heterocycles. The summed E-state index contributed by atoms with van der Waals surface area (Å²) in [6, 6.07) is 8.06. The van der Waals surface area contributed by atoms with E-state index in [0.29, 0.717) is 18.4 Å². The van der Waals surface area contributed by atoms with Gasteiger partial charge in [-0.05, 0) is 39.8 Å². The molecule has 1 aromatic carbocycles. The molecule has 138 valence electrons. The summed E-state index contributed by atoms with van der Waals surface area (Å²) < 4.78 is 13.3. The minimum Gasteiger partial charge on any atom is -0.419 e. The third-order valence-electron chi connectivity index (χ3n) is 4.31. The third-order valence-corrected chi connectivity index (χ3v) is 5.39. The SMILES string of the molecule is COCCn1c(SC(C)c2nnc(-c3ccc(C)cc3)o2)nc(C)c1C. The molecule has 0 radical (unpaired) electrons. The first-order valence-corrected chi connectivity index (χ1v) is 9.47. The molecule has 2 aromatic heterocycles. The molecule has 0 amide bonds. The Labute approximate surface area is 158 Å². The van der Waals surface area contributed by atoms with Gasteiger partial charge in [-0.2, -0.15) is 0 Å². The van der Waals surface area contributed by atoms with E-state index in [9.17, 15) is 0 Å². The maximum atomic E-state index is 5.90. The van der Waals surface area contributed by atoms with Crippen molar-refractivity contribution in [1.82, 2.24) is 19.7 Å². The monoisotopic (exact) mass is 372 g/mol. The van der Waals surface area contributed by atoms with Gasteiger partial charge in [0.2, 0.25) is 11.8 Å². The zero-order valence-electron chi connectivity index (χ0n) is 15.8. The molecule has 7 heteroatoms. The Morgan fingerprint density at radius 3 is 2.58 bits per heavy atom. The highest BCUT2D eigenvalue weighted by molar-refractivity contribution is 7.99. The molecule has 0 fully saturated rings. The van der Waals surface area contributed by atoms with E-state index in [4.69, 9.17) is 9.15 Å². The number of hydrogen-bond donors (Lipinski definition) is 0. The summed E-state index contributed by atoms with van der Waals surface area (Å²) in [4.78, 5) is 4.68. The van der Waals surface area contributed by atoms with E-state index in [1.54, 1.807) is 18.9 Å². The molecule has 26 heavy (non-hydrogen) atoms. The fourth-order valence-electron chi connectivity index (χ4n) is 2.58. The molecular weight excluding hydrogens is 348 g/mol. The van der Waals surface area contributed by atoms with Gasteiger partial charge in [0.15, 0.2) is 5.16 Å². The van der Waals surface area contributed by atoms with Crippen molar-refractivity contribution in [2.75, 3.05) is 13.7 Å². The predicted octanol–water partition coefficient (Wildman–Crippen LogP) is 4.36. The van der Waals surface area contributed by atoms with E-state index in [-0.39, 0.29) is 5.25 Å². The number of aromatic nitrogens is 4. The number of imidazole rings is 1. The van der Waals surface area contributed by atoms with Crippen molar-refractivity contribution in [1.29, 1.82) is 0 Å². The Balaban J connectivity index is 1.77. The number of nitrogens with zero attached hydrogens (tertiary/aromatic N) is 4. The van der Waals surface area contributed by atoms with Crippen LogP contribution in [0.5, 0.6) is 0 Å². The normalized spacial score (nSPS) is 12.5. The van der Waals surface area contributed by atoms with Crippen molar-refractivity contribution in [2.24, 2.45) is 0 Å². The van der Waals surface area contributed by atoms with E-state index in [2.05, 4.69) is 40.5 Å². The van der Waals surface area contributed by atoms with Crippen LogP contribution in [0.2, 0.25) is 0 Å². The average molecular weight is 372 g/mol. The first-order chi connectivity index (χ1) is 12.5. The van der Waals surface area contributed by atoms with Gasteiger partial charge in [0, 0.05) is 24.9 Å². The molecule has 0 aliphatic carbocycles. The molecular formula is C19H24N4O2S. The summed E-state index contributed by atoms with van der Waals surface area (Å²) in [5.41, 5.74) is 4.31. The summed E-state index contributed by atoms with van der Waals surface area (Å²) >= 11 is 1.62. The highest BCUT2D eigenvalue weighted by atomic mass is 32.2.